The molecule has 2 heteroatoms. The first-order valence-corrected chi connectivity index (χ1v) is 10.7. The minimum Gasteiger partial charge on any atom is -0.508 e. The quantitative estimate of drug-likeness (QED) is 0.452. The summed E-state index contributed by atoms with van der Waals surface area (Å²) in [5.74, 6) is 0.729. The monoisotopic (exact) mass is 376 g/mol. The molecule has 0 atom stereocenters. The van der Waals surface area contributed by atoms with E-state index in [1.54, 1.807) is 12.1 Å². The van der Waals surface area contributed by atoms with E-state index in [4.69, 9.17) is 0 Å². The molecule has 0 aliphatic heterocycles. The molecule has 0 heterocycles. The van der Waals surface area contributed by atoms with E-state index >= 15 is 0 Å². The number of phenols is 2. The number of unbranched alkanes of at least 4 members (excludes halogenated alkanes) is 5. The van der Waals surface area contributed by atoms with Crippen molar-refractivity contribution in [2.75, 3.05) is 0 Å². The van der Waals surface area contributed by atoms with Crippen LogP contribution in [0.1, 0.15) is 75.0 Å². The molecule has 2 nitrogen and oxygen atoms in total. The minimum atomic E-state index is 0.304. The van der Waals surface area contributed by atoms with Gasteiger partial charge in [-0.25, -0.2) is 0 Å². The molecule has 148 valence electrons. The Balaban J connectivity index is 1.59. The average molecular weight is 377 g/mol. The summed E-state index contributed by atoms with van der Waals surface area (Å²) in [5.41, 5.74) is 6.09. The van der Waals surface area contributed by atoms with Gasteiger partial charge in [-0.1, -0.05) is 69.4 Å². The average Bonchev–Trinajstić information content (AvgIpc) is 2.72. The van der Waals surface area contributed by atoms with Gasteiger partial charge in [-0.15, -0.1) is 0 Å². The van der Waals surface area contributed by atoms with Gasteiger partial charge in [0, 0.05) is 0 Å². The van der Waals surface area contributed by atoms with Gasteiger partial charge < -0.3 is 10.2 Å². The van der Waals surface area contributed by atoms with Crippen molar-refractivity contribution in [2.24, 2.45) is 0 Å². The van der Waals surface area contributed by atoms with Crippen molar-refractivity contribution in [2.45, 2.75) is 64.7 Å². The van der Waals surface area contributed by atoms with Crippen LogP contribution in [-0.2, 0) is 6.42 Å². The van der Waals surface area contributed by atoms with Gasteiger partial charge in [0.15, 0.2) is 0 Å². The van der Waals surface area contributed by atoms with Gasteiger partial charge in [0.25, 0.3) is 0 Å². The fourth-order valence-electron chi connectivity index (χ4n) is 3.86. The molecule has 0 aromatic heterocycles. The van der Waals surface area contributed by atoms with Crippen LogP contribution in [-0.4, -0.2) is 10.2 Å². The van der Waals surface area contributed by atoms with Gasteiger partial charge in [0.05, 0.1) is 0 Å². The molecule has 2 N–H and O–H groups in total. The number of hydrogen-bond acceptors (Lipinski definition) is 2. The normalized spacial score (nSPS) is 13.9. The van der Waals surface area contributed by atoms with Crippen LogP contribution in [0.2, 0.25) is 0 Å². The van der Waals surface area contributed by atoms with Gasteiger partial charge in [0.1, 0.15) is 11.5 Å². The maximum Gasteiger partial charge on any atom is 0.118 e. The van der Waals surface area contributed by atoms with E-state index in [0.29, 0.717) is 11.5 Å². The molecule has 0 amide bonds. The molecule has 0 fully saturated rings. The minimum absolute atomic E-state index is 0.304. The van der Waals surface area contributed by atoms with E-state index in [9.17, 15) is 10.2 Å². The molecule has 1 aliphatic rings. The maximum atomic E-state index is 10.2. The molecule has 28 heavy (non-hydrogen) atoms. The zero-order valence-corrected chi connectivity index (χ0v) is 17.0. The lowest BCUT2D eigenvalue weighted by molar-refractivity contribution is 0.466. The van der Waals surface area contributed by atoms with Gasteiger partial charge in [-0.2, -0.15) is 0 Å². The third kappa shape index (κ3) is 5.51. The summed E-state index contributed by atoms with van der Waals surface area (Å²) >= 11 is 0. The van der Waals surface area contributed by atoms with Crippen LogP contribution >= 0.6 is 0 Å². The predicted molar refractivity (Wildman–Crippen MR) is 118 cm³/mol. The van der Waals surface area contributed by atoms with Crippen LogP contribution in [0.25, 0.3) is 11.1 Å². The van der Waals surface area contributed by atoms with Crippen LogP contribution in [0, 0.1) is 0 Å². The van der Waals surface area contributed by atoms with Crippen LogP contribution < -0.4 is 0 Å². The van der Waals surface area contributed by atoms with Crippen molar-refractivity contribution < 1.29 is 10.2 Å². The van der Waals surface area contributed by atoms with E-state index in [1.807, 2.05) is 24.3 Å². The Hall–Kier alpha value is -2.48. The van der Waals surface area contributed by atoms with Gasteiger partial charge in [0.2, 0.25) is 0 Å². The molecule has 0 spiro atoms. The maximum absolute atomic E-state index is 10.2. The number of phenolic OH excluding ortho intramolecular Hbond substituents is 2. The fourth-order valence-corrected chi connectivity index (χ4v) is 3.86. The van der Waals surface area contributed by atoms with E-state index in [0.717, 1.165) is 31.2 Å². The second kappa shape index (κ2) is 10.2. The van der Waals surface area contributed by atoms with Crippen molar-refractivity contribution in [3.8, 4) is 11.5 Å². The highest BCUT2D eigenvalue weighted by atomic mass is 16.3. The smallest absolute Gasteiger partial charge is 0.118 e. The van der Waals surface area contributed by atoms with Gasteiger partial charge in [-0.3, -0.25) is 0 Å². The Kier molecular flexibility index (Phi) is 7.36. The fraction of sp³-hybridized carbons (Fsp3) is 0.385. The molecule has 0 saturated heterocycles. The van der Waals surface area contributed by atoms with Crippen LogP contribution in [0.15, 0.2) is 54.6 Å². The molecule has 0 radical (unpaired) electrons. The number of allylic oxidation sites excluding steroid dienone is 4. The summed E-state index contributed by atoms with van der Waals surface area (Å²) in [7, 11) is 0. The third-order valence-electron chi connectivity index (χ3n) is 5.62. The van der Waals surface area contributed by atoms with E-state index in [-0.39, 0.29) is 0 Å². The molecule has 0 bridgehead atoms. The number of hydrogen-bond donors (Lipinski definition) is 2. The Morgan fingerprint density at radius 1 is 0.714 bits per heavy atom. The van der Waals surface area contributed by atoms with E-state index in [1.165, 1.54) is 54.4 Å². The second-order valence-electron chi connectivity index (χ2n) is 7.78. The summed E-state index contributed by atoms with van der Waals surface area (Å²) in [6.07, 6.45) is 14.9. The van der Waals surface area contributed by atoms with Gasteiger partial charge in [-0.05, 0) is 77.8 Å². The summed E-state index contributed by atoms with van der Waals surface area (Å²) < 4.78 is 0. The third-order valence-corrected chi connectivity index (χ3v) is 5.62. The van der Waals surface area contributed by atoms with Crippen molar-refractivity contribution in [3.63, 3.8) is 0 Å². The SMILES string of the molecule is CCCCCCCCc1cc(C2=CCC(c3ccc(O)cc3)=CC2)ccc1O. The largest absolute Gasteiger partial charge is 0.508 e. The lowest BCUT2D eigenvalue weighted by Crippen LogP contribution is -1.95. The van der Waals surface area contributed by atoms with E-state index < -0.39 is 0 Å². The predicted octanol–water partition coefficient (Wildman–Crippen LogP) is 7.26. The van der Waals surface area contributed by atoms with E-state index in [2.05, 4.69) is 25.1 Å². The lowest BCUT2D eigenvalue weighted by Gasteiger charge is -2.16. The summed E-state index contributed by atoms with van der Waals surface area (Å²) in [6, 6.07) is 13.5. The van der Waals surface area contributed by atoms with Crippen molar-refractivity contribution >= 4 is 11.1 Å². The highest BCUT2D eigenvalue weighted by Gasteiger charge is 2.11. The van der Waals surface area contributed by atoms with Crippen LogP contribution in [0.4, 0.5) is 0 Å². The molecule has 0 unspecified atom stereocenters. The number of rotatable bonds is 9. The second-order valence-corrected chi connectivity index (χ2v) is 7.78. The summed E-state index contributed by atoms with van der Waals surface area (Å²) in [5, 5.41) is 19.7. The van der Waals surface area contributed by atoms with Crippen LogP contribution in [0.3, 0.4) is 0 Å². The van der Waals surface area contributed by atoms with Crippen LogP contribution in [0.5, 0.6) is 11.5 Å². The Morgan fingerprint density at radius 2 is 1.32 bits per heavy atom. The van der Waals surface area contributed by atoms with Crippen molar-refractivity contribution in [3.05, 3.63) is 71.3 Å². The van der Waals surface area contributed by atoms with Crippen molar-refractivity contribution in [1.82, 2.24) is 0 Å². The zero-order valence-electron chi connectivity index (χ0n) is 17.0. The molecule has 0 saturated carbocycles. The number of benzene rings is 2. The molecule has 2 aromatic carbocycles. The standard InChI is InChI=1S/C26H32O2/c1-2-3-4-5-6-7-8-24-19-23(15-18-26(24)28)22-11-9-20(10-12-22)21-13-16-25(27)17-14-21/h9,12-19,27-28H,2-8,10-11H2,1H3. The van der Waals surface area contributed by atoms with Gasteiger partial charge >= 0.3 is 0 Å². The molecular formula is C26H32O2. The molecular weight excluding hydrogens is 344 g/mol. The number of aryl methyl sites for hydroxylation is 1. The highest BCUT2D eigenvalue weighted by molar-refractivity contribution is 5.78. The zero-order chi connectivity index (χ0) is 19.8. The molecule has 2 aromatic rings. The first kappa shape index (κ1) is 20.3. The first-order valence-electron chi connectivity index (χ1n) is 10.7. The Labute approximate surface area is 169 Å². The molecule has 1 aliphatic carbocycles. The molecule has 3 rings (SSSR count). The topological polar surface area (TPSA) is 40.5 Å². The lowest BCUT2D eigenvalue weighted by atomic mass is 9.89. The Morgan fingerprint density at radius 3 is 2.00 bits per heavy atom. The highest BCUT2D eigenvalue weighted by Crippen LogP contribution is 2.33. The summed E-state index contributed by atoms with van der Waals surface area (Å²) in [6.45, 7) is 2.24. The number of aromatic hydroxyl groups is 2. The van der Waals surface area contributed by atoms with Crippen molar-refractivity contribution in [1.29, 1.82) is 0 Å². The summed E-state index contributed by atoms with van der Waals surface area (Å²) in [4.78, 5) is 0. The first-order chi connectivity index (χ1) is 13.7. The Bertz CT molecular complexity index is 828.